The molecule has 0 spiro atoms. The number of rotatable bonds is 5. The van der Waals surface area contributed by atoms with Gasteiger partial charge in [0.05, 0.1) is 12.3 Å². The van der Waals surface area contributed by atoms with Gasteiger partial charge in [0.1, 0.15) is 6.54 Å². The van der Waals surface area contributed by atoms with Crippen molar-refractivity contribution < 1.29 is 14.3 Å². The van der Waals surface area contributed by atoms with Crippen LogP contribution < -0.4 is 5.32 Å². The molecule has 0 bridgehead atoms. The molecular weight excluding hydrogens is 332 g/mol. The summed E-state index contributed by atoms with van der Waals surface area (Å²) in [6.45, 7) is 1.60. The normalized spacial score (nSPS) is 17.2. The van der Waals surface area contributed by atoms with Crippen molar-refractivity contribution in [3.63, 3.8) is 0 Å². The maximum Gasteiger partial charge on any atom is 0.253 e. The van der Waals surface area contributed by atoms with Crippen molar-refractivity contribution in [3.8, 4) is 11.1 Å². The monoisotopic (exact) mass is 356 g/mol. The lowest BCUT2D eigenvalue weighted by Crippen LogP contribution is -2.42. The molecule has 2 amide bonds. The zero-order valence-electron chi connectivity index (χ0n) is 15.1. The van der Waals surface area contributed by atoms with E-state index in [4.69, 9.17) is 4.74 Å². The predicted molar refractivity (Wildman–Crippen MR) is 97.7 cm³/mol. The van der Waals surface area contributed by atoms with Crippen LogP contribution in [0.4, 0.5) is 0 Å². The van der Waals surface area contributed by atoms with Gasteiger partial charge < -0.3 is 15.0 Å². The fraction of sp³-hybridized carbons (Fsp3) is 0.421. The number of amides is 2. The van der Waals surface area contributed by atoms with Gasteiger partial charge in [0, 0.05) is 44.6 Å². The van der Waals surface area contributed by atoms with Gasteiger partial charge >= 0.3 is 0 Å². The van der Waals surface area contributed by atoms with Crippen molar-refractivity contribution in [1.82, 2.24) is 20.0 Å². The van der Waals surface area contributed by atoms with Crippen molar-refractivity contribution in [2.45, 2.75) is 25.5 Å². The van der Waals surface area contributed by atoms with Gasteiger partial charge in [0.2, 0.25) is 5.91 Å². The van der Waals surface area contributed by atoms with Crippen LogP contribution in [0.15, 0.2) is 36.7 Å². The third-order valence-corrected chi connectivity index (χ3v) is 4.68. The average molecular weight is 356 g/mol. The Kier molecular flexibility index (Phi) is 5.68. The summed E-state index contributed by atoms with van der Waals surface area (Å²) in [7, 11) is 3.29. The summed E-state index contributed by atoms with van der Waals surface area (Å²) in [5, 5.41) is 6.77. The van der Waals surface area contributed by atoms with Gasteiger partial charge in [-0.15, -0.1) is 0 Å². The van der Waals surface area contributed by atoms with Gasteiger partial charge in [-0.1, -0.05) is 12.1 Å². The maximum atomic E-state index is 12.7. The minimum atomic E-state index is -0.100. The highest BCUT2D eigenvalue weighted by Gasteiger charge is 2.24. The number of aromatic nitrogens is 2. The van der Waals surface area contributed by atoms with E-state index in [1.807, 2.05) is 35.4 Å². The average Bonchev–Trinajstić information content (AvgIpc) is 3.15. The van der Waals surface area contributed by atoms with E-state index in [-0.39, 0.29) is 24.5 Å². The predicted octanol–water partition coefficient (Wildman–Crippen LogP) is 1.55. The van der Waals surface area contributed by atoms with Crippen LogP contribution in [0.3, 0.4) is 0 Å². The molecule has 7 heteroatoms. The first-order valence-corrected chi connectivity index (χ1v) is 8.76. The van der Waals surface area contributed by atoms with Crippen LogP contribution in [-0.4, -0.2) is 59.8 Å². The first kappa shape index (κ1) is 18.1. The molecule has 1 atom stereocenters. The Labute approximate surface area is 152 Å². The molecule has 2 aromatic rings. The summed E-state index contributed by atoms with van der Waals surface area (Å²) in [6, 6.07) is 7.49. The van der Waals surface area contributed by atoms with Gasteiger partial charge in [-0.05, 0) is 30.5 Å². The van der Waals surface area contributed by atoms with E-state index < -0.39 is 0 Å². The molecule has 138 valence electrons. The van der Waals surface area contributed by atoms with Gasteiger partial charge in [0.15, 0.2) is 0 Å². The number of nitrogens with one attached hydrogen (secondary N) is 1. The zero-order valence-corrected chi connectivity index (χ0v) is 15.1. The molecule has 1 aromatic heterocycles. The van der Waals surface area contributed by atoms with E-state index in [1.54, 1.807) is 25.0 Å². The van der Waals surface area contributed by atoms with E-state index in [0.29, 0.717) is 12.1 Å². The molecule has 3 rings (SSSR count). The molecule has 7 nitrogen and oxygen atoms in total. The molecule has 0 unspecified atom stereocenters. The standard InChI is InChI=1S/C19H24N4O3/c1-20-18(24)13-23-11-16(10-21-23)14-5-7-15(8-6-14)19(25)22-9-3-4-17(12-22)26-2/h5-8,10-11,17H,3-4,9,12-13H2,1-2H3,(H,20,24)/t17-/m1/s1. The third kappa shape index (κ3) is 4.11. The SMILES string of the molecule is CNC(=O)Cn1cc(-c2ccc(C(=O)N3CCC[C@@H](OC)C3)cc2)cn1. The first-order valence-electron chi connectivity index (χ1n) is 8.76. The Balaban J connectivity index is 1.68. The van der Waals surface area contributed by atoms with Gasteiger partial charge in [-0.25, -0.2) is 0 Å². The molecule has 1 aromatic carbocycles. The van der Waals surface area contributed by atoms with Crippen LogP contribution in [-0.2, 0) is 16.1 Å². The minimum Gasteiger partial charge on any atom is -0.380 e. The fourth-order valence-electron chi connectivity index (χ4n) is 3.13. The number of carbonyl (C=O) groups excluding carboxylic acids is 2. The second kappa shape index (κ2) is 8.14. The van der Waals surface area contributed by atoms with E-state index in [2.05, 4.69) is 10.4 Å². The number of likely N-dealkylation sites (tertiary alicyclic amines) is 1. The van der Waals surface area contributed by atoms with Crippen molar-refractivity contribution in [3.05, 3.63) is 42.2 Å². The number of ether oxygens (including phenoxy) is 1. The van der Waals surface area contributed by atoms with Crippen molar-refractivity contribution in [2.24, 2.45) is 0 Å². The fourth-order valence-corrected chi connectivity index (χ4v) is 3.13. The lowest BCUT2D eigenvalue weighted by atomic mass is 10.0. The van der Waals surface area contributed by atoms with Gasteiger partial charge in [0.25, 0.3) is 5.91 Å². The van der Waals surface area contributed by atoms with Crippen LogP contribution in [0.1, 0.15) is 23.2 Å². The second-order valence-electron chi connectivity index (χ2n) is 6.43. The van der Waals surface area contributed by atoms with Crippen LogP contribution >= 0.6 is 0 Å². The van der Waals surface area contributed by atoms with Crippen molar-refractivity contribution >= 4 is 11.8 Å². The van der Waals surface area contributed by atoms with E-state index in [0.717, 1.165) is 30.5 Å². The minimum absolute atomic E-state index is 0.0358. The maximum absolute atomic E-state index is 12.7. The number of carbonyl (C=O) groups is 2. The van der Waals surface area contributed by atoms with Crippen LogP contribution in [0.2, 0.25) is 0 Å². The number of hydrogen-bond acceptors (Lipinski definition) is 4. The van der Waals surface area contributed by atoms with Crippen molar-refractivity contribution in [1.29, 1.82) is 0 Å². The largest absolute Gasteiger partial charge is 0.380 e. The van der Waals surface area contributed by atoms with E-state index in [9.17, 15) is 9.59 Å². The number of piperidine rings is 1. The smallest absolute Gasteiger partial charge is 0.253 e. The molecule has 1 fully saturated rings. The van der Waals surface area contributed by atoms with E-state index >= 15 is 0 Å². The third-order valence-electron chi connectivity index (χ3n) is 4.68. The quantitative estimate of drug-likeness (QED) is 0.882. The second-order valence-corrected chi connectivity index (χ2v) is 6.43. The summed E-state index contributed by atoms with van der Waals surface area (Å²) in [6.07, 6.45) is 5.62. The van der Waals surface area contributed by atoms with Crippen LogP contribution in [0.25, 0.3) is 11.1 Å². The molecule has 26 heavy (non-hydrogen) atoms. The van der Waals surface area contributed by atoms with Crippen LogP contribution in [0, 0.1) is 0 Å². The molecule has 1 N–H and O–H groups in total. The number of hydrogen-bond donors (Lipinski definition) is 1. The Bertz CT molecular complexity index is 769. The molecule has 2 heterocycles. The Morgan fingerprint density at radius 1 is 1.27 bits per heavy atom. The summed E-state index contributed by atoms with van der Waals surface area (Å²) in [4.78, 5) is 26.0. The topological polar surface area (TPSA) is 76.5 Å². The van der Waals surface area contributed by atoms with Gasteiger partial charge in [-0.2, -0.15) is 5.10 Å². The van der Waals surface area contributed by atoms with Crippen molar-refractivity contribution in [2.75, 3.05) is 27.2 Å². The lowest BCUT2D eigenvalue weighted by molar-refractivity contribution is -0.121. The first-order chi connectivity index (χ1) is 12.6. The zero-order chi connectivity index (χ0) is 18.5. The summed E-state index contributed by atoms with van der Waals surface area (Å²) >= 11 is 0. The Morgan fingerprint density at radius 2 is 2.04 bits per heavy atom. The number of nitrogens with zero attached hydrogens (tertiary/aromatic N) is 3. The molecule has 0 saturated carbocycles. The number of methoxy groups -OCH3 is 1. The highest BCUT2D eigenvalue weighted by Crippen LogP contribution is 2.21. The summed E-state index contributed by atoms with van der Waals surface area (Å²) in [5.41, 5.74) is 2.53. The number of likely N-dealkylation sites (N-methyl/N-ethyl adjacent to an activating group) is 1. The summed E-state index contributed by atoms with van der Waals surface area (Å²) in [5.74, 6) is -0.0647. The van der Waals surface area contributed by atoms with Crippen LogP contribution in [0.5, 0.6) is 0 Å². The molecule has 1 aliphatic rings. The van der Waals surface area contributed by atoms with E-state index in [1.165, 1.54) is 0 Å². The highest BCUT2D eigenvalue weighted by atomic mass is 16.5. The molecule has 1 saturated heterocycles. The molecule has 0 radical (unpaired) electrons. The molecule has 0 aliphatic carbocycles. The lowest BCUT2D eigenvalue weighted by Gasteiger charge is -2.32. The Morgan fingerprint density at radius 3 is 2.73 bits per heavy atom. The Hall–Kier alpha value is -2.67. The highest BCUT2D eigenvalue weighted by molar-refractivity contribution is 5.94. The van der Waals surface area contributed by atoms with Gasteiger partial charge in [-0.3, -0.25) is 14.3 Å². The summed E-state index contributed by atoms with van der Waals surface area (Å²) < 4.78 is 6.98. The number of benzene rings is 1. The molecule has 1 aliphatic heterocycles. The molecular formula is C19H24N4O3.